The highest BCUT2D eigenvalue weighted by molar-refractivity contribution is 5.92. The number of aliphatic carboxylic acids is 2. The molecule has 0 heterocycles. The van der Waals surface area contributed by atoms with E-state index in [1.54, 1.807) is 0 Å². The molecule has 0 saturated carbocycles. The van der Waals surface area contributed by atoms with Gasteiger partial charge in [-0.1, -0.05) is 18.9 Å². The minimum atomic E-state index is -1.17. The van der Waals surface area contributed by atoms with E-state index in [2.05, 4.69) is 0 Å². The molecule has 0 aromatic rings. The second-order valence-electron chi connectivity index (χ2n) is 3.89. The Morgan fingerprint density at radius 3 is 2.06 bits per heavy atom. The molecule has 0 amide bonds. The Hall–Kier alpha value is -1.36. The number of allylic oxidation sites excluding steroid dienone is 1. The third kappa shape index (κ3) is 6.73. The average molecular weight is 244 g/mol. The number of aliphatic hydroxyl groups excluding tert-OH is 1. The van der Waals surface area contributed by atoms with E-state index < -0.39 is 18.4 Å². The van der Waals surface area contributed by atoms with Gasteiger partial charge in [-0.15, -0.1) is 0 Å². The summed E-state index contributed by atoms with van der Waals surface area (Å²) in [6.45, 7) is 1.97. The molecule has 0 fully saturated rings. The largest absolute Gasteiger partial charge is 0.481 e. The summed E-state index contributed by atoms with van der Waals surface area (Å²) in [7, 11) is 0. The number of hydrogen-bond donors (Lipinski definition) is 3. The van der Waals surface area contributed by atoms with Crippen molar-refractivity contribution in [2.24, 2.45) is 0 Å². The van der Waals surface area contributed by atoms with Gasteiger partial charge in [-0.3, -0.25) is 4.79 Å². The third-order valence-corrected chi connectivity index (χ3v) is 2.48. The van der Waals surface area contributed by atoms with Crippen LogP contribution in [0.5, 0.6) is 0 Å². The average Bonchev–Trinajstić information content (AvgIpc) is 2.26. The van der Waals surface area contributed by atoms with E-state index in [1.807, 2.05) is 6.92 Å². The number of carboxylic acid groups (broad SMARTS) is 2. The van der Waals surface area contributed by atoms with Gasteiger partial charge in [0.1, 0.15) is 0 Å². The first-order valence-corrected chi connectivity index (χ1v) is 5.79. The molecular weight excluding hydrogens is 224 g/mol. The topological polar surface area (TPSA) is 94.8 Å². The van der Waals surface area contributed by atoms with Gasteiger partial charge >= 0.3 is 11.9 Å². The van der Waals surface area contributed by atoms with Crippen molar-refractivity contribution >= 4 is 11.9 Å². The first-order chi connectivity index (χ1) is 8.02. The number of aliphatic hydroxyl groups is 1. The highest BCUT2D eigenvalue weighted by atomic mass is 16.4. The van der Waals surface area contributed by atoms with Crippen molar-refractivity contribution in [3.05, 3.63) is 11.1 Å². The summed E-state index contributed by atoms with van der Waals surface area (Å²) in [6, 6.07) is 0. The molecule has 3 N–H and O–H groups in total. The van der Waals surface area contributed by atoms with Crippen LogP contribution in [0.2, 0.25) is 0 Å². The van der Waals surface area contributed by atoms with Gasteiger partial charge < -0.3 is 15.3 Å². The monoisotopic (exact) mass is 244 g/mol. The van der Waals surface area contributed by atoms with Crippen LogP contribution in [-0.2, 0) is 9.59 Å². The fourth-order valence-electron chi connectivity index (χ4n) is 1.61. The molecule has 0 radical (unpaired) electrons. The fraction of sp³-hybridized carbons (Fsp3) is 0.667. The smallest absolute Gasteiger partial charge is 0.332 e. The lowest BCUT2D eigenvalue weighted by Gasteiger charge is -2.10. The maximum Gasteiger partial charge on any atom is 0.332 e. The van der Waals surface area contributed by atoms with Crippen LogP contribution < -0.4 is 0 Å². The lowest BCUT2D eigenvalue weighted by Crippen LogP contribution is -2.10. The van der Waals surface area contributed by atoms with Crippen molar-refractivity contribution < 1.29 is 24.9 Å². The molecule has 5 heteroatoms. The third-order valence-electron chi connectivity index (χ3n) is 2.48. The van der Waals surface area contributed by atoms with E-state index in [0.29, 0.717) is 24.8 Å². The van der Waals surface area contributed by atoms with Gasteiger partial charge in [-0.05, 0) is 25.7 Å². The predicted molar refractivity (Wildman–Crippen MR) is 62.8 cm³/mol. The Bertz CT molecular complexity index is 283. The summed E-state index contributed by atoms with van der Waals surface area (Å²) in [4.78, 5) is 21.6. The van der Waals surface area contributed by atoms with Gasteiger partial charge in [0.05, 0.1) is 6.42 Å². The highest BCUT2D eigenvalue weighted by Gasteiger charge is 2.17. The normalized spacial score (nSPS) is 12.1. The molecule has 0 aliphatic heterocycles. The first-order valence-electron chi connectivity index (χ1n) is 5.79. The Labute approximate surface area is 101 Å². The quantitative estimate of drug-likeness (QED) is 0.538. The Balaban J connectivity index is 4.92. The molecule has 0 unspecified atom stereocenters. The van der Waals surface area contributed by atoms with Crippen LogP contribution in [0.25, 0.3) is 0 Å². The number of hydrogen-bond acceptors (Lipinski definition) is 3. The van der Waals surface area contributed by atoms with Gasteiger partial charge in [0.2, 0.25) is 0 Å². The zero-order valence-electron chi connectivity index (χ0n) is 10.1. The molecule has 0 atom stereocenters. The molecule has 98 valence electrons. The van der Waals surface area contributed by atoms with E-state index in [4.69, 9.17) is 15.3 Å². The fourth-order valence-corrected chi connectivity index (χ4v) is 1.61. The van der Waals surface area contributed by atoms with Crippen molar-refractivity contribution in [1.82, 2.24) is 0 Å². The minimum Gasteiger partial charge on any atom is -0.481 e. The van der Waals surface area contributed by atoms with Crippen LogP contribution in [0.15, 0.2) is 11.1 Å². The van der Waals surface area contributed by atoms with Crippen molar-refractivity contribution in [2.75, 3.05) is 6.61 Å². The second-order valence-corrected chi connectivity index (χ2v) is 3.89. The van der Waals surface area contributed by atoms with E-state index in [1.165, 1.54) is 0 Å². The summed E-state index contributed by atoms with van der Waals surface area (Å²) in [6.07, 6.45) is 2.80. The number of carboxylic acids is 2. The predicted octanol–water partition coefficient (Wildman–Crippen LogP) is 1.80. The van der Waals surface area contributed by atoms with Crippen molar-refractivity contribution in [3.8, 4) is 0 Å². The summed E-state index contributed by atoms with van der Waals surface area (Å²) >= 11 is 0. The van der Waals surface area contributed by atoms with Crippen molar-refractivity contribution in [2.45, 2.75) is 45.4 Å². The molecule has 0 spiro atoms. The van der Waals surface area contributed by atoms with Crippen LogP contribution in [0, 0.1) is 0 Å². The first kappa shape index (κ1) is 15.6. The minimum absolute atomic E-state index is 0.0183. The van der Waals surface area contributed by atoms with Gasteiger partial charge in [0.15, 0.2) is 0 Å². The van der Waals surface area contributed by atoms with Crippen LogP contribution in [0.1, 0.15) is 45.4 Å². The van der Waals surface area contributed by atoms with Crippen molar-refractivity contribution in [3.63, 3.8) is 0 Å². The Morgan fingerprint density at radius 1 is 1.06 bits per heavy atom. The Kier molecular flexibility index (Phi) is 8.05. The molecule has 17 heavy (non-hydrogen) atoms. The van der Waals surface area contributed by atoms with Crippen LogP contribution in [0.3, 0.4) is 0 Å². The van der Waals surface area contributed by atoms with Crippen LogP contribution >= 0.6 is 0 Å². The summed E-state index contributed by atoms with van der Waals surface area (Å²) in [5.74, 6) is -2.31. The maximum absolute atomic E-state index is 11.0. The van der Waals surface area contributed by atoms with Gasteiger partial charge in [0, 0.05) is 12.2 Å². The van der Waals surface area contributed by atoms with E-state index in [9.17, 15) is 9.59 Å². The number of rotatable bonds is 9. The zero-order chi connectivity index (χ0) is 13.3. The van der Waals surface area contributed by atoms with Gasteiger partial charge in [-0.25, -0.2) is 4.79 Å². The SMILES string of the molecule is CCCCC(CCCO)=C(CC(=O)O)C(=O)O. The summed E-state index contributed by atoms with van der Waals surface area (Å²) < 4.78 is 0. The van der Waals surface area contributed by atoms with Gasteiger partial charge in [-0.2, -0.15) is 0 Å². The molecule has 0 bridgehead atoms. The Morgan fingerprint density at radius 2 is 1.65 bits per heavy atom. The molecule has 0 aliphatic rings. The molecular formula is C12H20O5. The van der Waals surface area contributed by atoms with E-state index >= 15 is 0 Å². The lowest BCUT2D eigenvalue weighted by molar-refractivity contribution is -0.139. The highest BCUT2D eigenvalue weighted by Crippen LogP contribution is 2.21. The molecule has 0 aromatic heterocycles. The number of unbranched alkanes of at least 4 members (excludes halogenated alkanes) is 1. The maximum atomic E-state index is 11.0. The van der Waals surface area contributed by atoms with Gasteiger partial charge in [0.25, 0.3) is 0 Å². The van der Waals surface area contributed by atoms with E-state index in [0.717, 1.165) is 12.8 Å². The van der Waals surface area contributed by atoms with Crippen molar-refractivity contribution in [1.29, 1.82) is 0 Å². The second kappa shape index (κ2) is 8.75. The molecule has 5 nitrogen and oxygen atoms in total. The summed E-state index contributed by atoms with van der Waals surface area (Å²) in [5.41, 5.74) is 0.621. The zero-order valence-corrected chi connectivity index (χ0v) is 10.1. The van der Waals surface area contributed by atoms with Crippen LogP contribution in [-0.4, -0.2) is 33.9 Å². The molecule has 0 saturated heterocycles. The summed E-state index contributed by atoms with van der Waals surface area (Å²) in [5, 5.41) is 26.4. The lowest BCUT2D eigenvalue weighted by atomic mass is 9.96. The number of carbonyl (C=O) groups is 2. The molecule has 0 aromatic carbocycles. The standard InChI is InChI=1S/C12H20O5/c1-2-3-5-9(6-4-7-13)10(12(16)17)8-11(14)15/h13H,2-8H2,1H3,(H,14,15)(H,16,17). The molecule has 0 rings (SSSR count). The van der Waals surface area contributed by atoms with E-state index in [-0.39, 0.29) is 12.2 Å². The van der Waals surface area contributed by atoms with Crippen LogP contribution in [0.4, 0.5) is 0 Å². The molecule has 0 aliphatic carbocycles.